The van der Waals surface area contributed by atoms with Gasteiger partial charge in [0.2, 0.25) is 0 Å². The lowest BCUT2D eigenvalue weighted by Gasteiger charge is -2.42. The Kier molecular flexibility index (Phi) is 3.41. The van der Waals surface area contributed by atoms with Gasteiger partial charge in [0.25, 0.3) is 0 Å². The van der Waals surface area contributed by atoms with E-state index in [9.17, 15) is 0 Å². The molecule has 0 spiro atoms. The lowest BCUT2D eigenvalue weighted by molar-refractivity contribution is 0.412. The van der Waals surface area contributed by atoms with Gasteiger partial charge in [-0.15, -0.1) is 0 Å². The summed E-state index contributed by atoms with van der Waals surface area (Å²) in [6.07, 6.45) is 20.8. The van der Waals surface area contributed by atoms with Crippen LogP contribution < -0.4 is 0 Å². The zero-order valence-electron chi connectivity index (χ0n) is 13.8. The molecule has 0 nitrogen and oxygen atoms in total. The van der Waals surface area contributed by atoms with Crippen molar-refractivity contribution in [2.45, 2.75) is 101 Å². The van der Waals surface area contributed by atoms with E-state index in [0.29, 0.717) is 0 Å². The van der Waals surface area contributed by atoms with Gasteiger partial charge in [0.1, 0.15) is 6.71 Å². The summed E-state index contributed by atoms with van der Waals surface area (Å²) in [6.45, 7) is 1.18. The van der Waals surface area contributed by atoms with E-state index in [0.717, 1.165) is 17.7 Å². The topological polar surface area (TPSA) is 0 Å². The molecule has 0 aromatic carbocycles. The van der Waals surface area contributed by atoms with E-state index in [1.807, 2.05) is 0 Å². The second kappa shape index (κ2) is 5.31. The Bertz CT molecular complexity index is 357. The highest BCUT2D eigenvalue weighted by Gasteiger charge is 2.53. The Morgan fingerprint density at radius 3 is 1.52 bits per heavy atom. The van der Waals surface area contributed by atoms with Gasteiger partial charge in [-0.3, -0.25) is 0 Å². The molecule has 0 aromatic rings. The van der Waals surface area contributed by atoms with Crippen molar-refractivity contribution in [3.63, 3.8) is 0 Å². The Balaban J connectivity index is 1.40. The monoisotopic (exact) mass is 284 g/mol. The van der Waals surface area contributed by atoms with E-state index in [1.54, 1.807) is 77.0 Å². The molecule has 0 radical (unpaired) electrons. The molecule has 0 aliphatic heterocycles. The highest BCUT2D eigenvalue weighted by molar-refractivity contribution is 6.64. The Morgan fingerprint density at radius 1 is 0.524 bits per heavy atom. The van der Waals surface area contributed by atoms with Crippen LogP contribution in [-0.2, 0) is 0 Å². The molecule has 5 fully saturated rings. The molecule has 6 atom stereocenters. The predicted octanol–water partition coefficient (Wildman–Crippen LogP) is 6.20. The largest absolute Gasteiger partial charge is 0.150 e. The molecule has 21 heavy (non-hydrogen) atoms. The third kappa shape index (κ3) is 2.24. The zero-order chi connectivity index (χ0) is 13.8. The quantitative estimate of drug-likeness (QED) is 0.541. The summed E-state index contributed by atoms with van der Waals surface area (Å²) < 4.78 is 0. The van der Waals surface area contributed by atoms with E-state index in [1.165, 1.54) is 36.6 Å². The Labute approximate surface area is 131 Å². The first-order chi connectivity index (χ1) is 10.4. The molecule has 4 bridgehead atoms. The first-order valence-electron chi connectivity index (χ1n) is 10.4. The smallest absolute Gasteiger partial charge is 0.0617 e. The van der Waals surface area contributed by atoms with Gasteiger partial charge in [0.15, 0.2) is 0 Å². The number of hydrogen-bond donors (Lipinski definition) is 0. The minimum atomic E-state index is 1.15. The molecule has 5 aliphatic carbocycles. The normalized spacial score (nSPS) is 49.1. The van der Waals surface area contributed by atoms with E-state index in [-0.39, 0.29) is 0 Å². The number of hydrogen-bond acceptors (Lipinski definition) is 0. The SMILES string of the molecule is C1CCC(B([C@H]2C[C@H]3CC[C@@H]2C3)[C@H]2C[C@@H]3CC[C@H]2C3)CC1. The molecule has 116 valence electrons. The molecular weight excluding hydrogens is 251 g/mol. The Hall–Kier alpha value is 0.0649. The van der Waals surface area contributed by atoms with Crippen LogP contribution in [0.25, 0.3) is 0 Å². The average molecular weight is 284 g/mol. The fourth-order valence-corrected chi connectivity index (χ4v) is 8.07. The highest BCUT2D eigenvalue weighted by Crippen LogP contribution is 2.63. The second-order valence-electron chi connectivity index (χ2n) is 9.65. The molecule has 5 aliphatic rings. The van der Waals surface area contributed by atoms with Crippen LogP contribution in [0.5, 0.6) is 0 Å². The summed E-state index contributed by atoms with van der Waals surface area (Å²) in [5.74, 6) is 8.15. The first kappa shape index (κ1) is 13.5. The van der Waals surface area contributed by atoms with Crippen molar-refractivity contribution in [1.82, 2.24) is 0 Å². The van der Waals surface area contributed by atoms with Crippen LogP contribution in [0, 0.1) is 23.7 Å². The maximum Gasteiger partial charge on any atom is 0.150 e. The van der Waals surface area contributed by atoms with Gasteiger partial charge in [-0.05, 0) is 36.5 Å². The molecular formula is C20H33B. The van der Waals surface area contributed by atoms with Crippen molar-refractivity contribution < 1.29 is 0 Å². The van der Waals surface area contributed by atoms with Crippen LogP contribution in [0.1, 0.15) is 83.5 Å². The summed E-state index contributed by atoms with van der Waals surface area (Å²) >= 11 is 0. The van der Waals surface area contributed by atoms with Crippen LogP contribution in [0.2, 0.25) is 17.5 Å². The van der Waals surface area contributed by atoms with Crippen molar-refractivity contribution in [3.8, 4) is 0 Å². The molecule has 5 rings (SSSR count). The molecule has 1 heteroatoms. The van der Waals surface area contributed by atoms with Gasteiger partial charge < -0.3 is 0 Å². The molecule has 0 N–H and O–H groups in total. The van der Waals surface area contributed by atoms with Gasteiger partial charge in [-0.1, -0.05) is 88.1 Å². The van der Waals surface area contributed by atoms with E-state index in [4.69, 9.17) is 0 Å². The molecule has 0 unspecified atom stereocenters. The highest BCUT2D eigenvalue weighted by atomic mass is 14.5. The van der Waals surface area contributed by atoms with Gasteiger partial charge in [-0.2, -0.15) is 0 Å². The molecule has 0 aromatic heterocycles. The number of rotatable bonds is 3. The van der Waals surface area contributed by atoms with Crippen molar-refractivity contribution in [3.05, 3.63) is 0 Å². The maximum atomic E-state index is 1.65. The minimum absolute atomic E-state index is 1.15. The van der Waals surface area contributed by atoms with Crippen molar-refractivity contribution >= 4 is 6.71 Å². The van der Waals surface area contributed by atoms with Crippen LogP contribution >= 0.6 is 0 Å². The van der Waals surface area contributed by atoms with E-state index < -0.39 is 0 Å². The van der Waals surface area contributed by atoms with Crippen LogP contribution in [0.15, 0.2) is 0 Å². The molecule has 0 amide bonds. The zero-order valence-corrected chi connectivity index (χ0v) is 13.8. The summed E-state index contributed by atoms with van der Waals surface area (Å²) in [4.78, 5) is 0. The summed E-state index contributed by atoms with van der Waals surface area (Å²) in [6, 6.07) is 0. The summed E-state index contributed by atoms with van der Waals surface area (Å²) in [5.41, 5.74) is 0. The standard InChI is InChI=1S/C20H33B/c1-2-4-18(5-3-1)21(19-12-14-6-8-16(19)10-14)20-13-15-7-9-17(20)11-15/h14-20H,1-13H2/t14-,15+,16+,17-,19-,20-/m0/s1. The molecule has 0 heterocycles. The third-order valence-electron chi connectivity index (χ3n) is 8.77. The van der Waals surface area contributed by atoms with Crippen LogP contribution in [0.3, 0.4) is 0 Å². The fourth-order valence-electron chi connectivity index (χ4n) is 8.07. The van der Waals surface area contributed by atoms with Crippen molar-refractivity contribution in [2.75, 3.05) is 0 Å². The minimum Gasteiger partial charge on any atom is -0.0617 e. The molecule has 0 saturated heterocycles. The van der Waals surface area contributed by atoms with Crippen LogP contribution in [-0.4, -0.2) is 6.71 Å². The van der Waals surface area contributed by atoms with Gasteiger partial charge in [0, 0.05) is 0 Å². The summed E-state index contributed by atoms with van der Waals surface area (Å²) in [7, 11) is 0. The van der Waals surface area contributed by atoms with Crippen molar-refractivity contribution in [2.24, 2.45) is 23.7 Å². The molecule has 5 saturated carbocycles. The fraction of sp³-hybridized carbons (Fsp3) is 1.00. The number of fused-ring (bicyclic) bond motifs is 4. The third-order valence-corrected chi connectivity index (χ3v) is 8.77. The van der Waals surface area contributed by atoms with Crippen molar-refractivity contribution in [1.29, 1.82) is 0 Å². The predicted molar refractivity (Wildman–Crippen MR) is 91.0 cm³/mol. The lowest BCUT2D eigenvalue weighted by Crippen LogP contribution is -2.38. The summed E-state index contributed by atoms with van der Waals surface area (Å²) in [5, 5.41) is 0. The van der Waals surface area contributed by atoms with Gasteiger partial charge in [-0.25, -0.2) is 0 Å². The maximum absolute atomic E-state index is 1.65. The second-order valence-corrected chi connectivity index (χ2v) is 9.65. The first-order valence-corrected chi connectivity index (χ1v) is 10.4. The average Bonchev–Trinajstić information content (AvgIpc) is 3.30. The lowest BCUT2D eigenvalue weighted by atomic mass is 9.23. The van der Waals surface area contributed by atoms with Gasteiger partial charge >= 0.3 is 0 Å². The Morgan fingerprint density at radius 2 is 1.10 bits per heavy atom. The van der Waals surface area contributed by atoms with Crippen LogP contribution in [0.4, 0.5) is 0 Å². The van der Waals surface area contributed by atoms with Gasteiger partial charge in [0.05, 0.1) is 0 Å². The van der Waals surface area contributed by atoms with E-state index >= 15 is 0 Å². The van der Waals surface area contributed by atoms with E-state index in [2.05, 4.69) is 0 Å².